The van der Waals surface area contributed by atoms with E-state index in [4.69, 9.17) is 0 Å². The van der Waals surface area contributed by atoms with Gasteiger partial charge in [-0.25, -0.2) is 14.8 Å². The Balaban J connectivity index is 2.75. The van der Waals surface area contributed by atoms with Gasteiger partial charge in [-0.05, 0) is 0 Å². The molecule has 1 aromatic heterocycles. The van der Waals surface area contributed by atoms with Gasteiger partial charge in [0, 0.05) is 24.1 Å². The molecule has 0 radical (unpaired) electrons. The summed E-state index contributed by atoms with van der Waals surface area (Å²) in [6.45, 7) is 0. The van der Waals surface area contributed by atoms with Crippen LogP contribution in [0.25, 0.3) is 0 Å². The first-order valence-electron chi connectivity index (χ1n) is 3.73. The second kappa shape index (κ2) is 4.91. The van der Waals surface area contributed by atoms with Crippen molar-refractivity contribution in [3.8, 4) is 0 Å². The zero-order chi connectivity index (χ0) is 9.68. The monoisotopic (exact) mass is 244 g/mol. The maximum absolute atomic E-state index is 11.0. The van der Waals surface area contributed by atoms with E-state index in [1.165, 1.54) is 19.5 Å². The van der Waals surface area contributed by atoms with Crippen molar-refractivity contribution in [1.29, 1.82) is 0 Å². The third kappa shape index (κ3) is 2.77. The Labute approximate surface area is 84.5 Å². The lowest BCUT2D eigenvalue weighted by Crippen LogP contribution is -2.04. The van der Waals surface area contributed by atoms with E-state index < -0.39 is 5.97 Å². The Morgan fingerprint density at radius 3 is 2.62 bits per heavy atom. The standard InChI is InChI=1S/C8H9BrN2O2/c1-13-8(12)6-4-10-7(2-3-9)11-5-6/h4-5H,2-3H2,1H3. The van der Waals surface area contributed by atoms with Gasteiger partial charge in [0.2, 0.25) is 0 Å². The SMILES string of the molecule is COC(=O)c1cnc(CCBr)nc1. The van der Waals surface area contributed by atoms with Crippen molar-refractivity contribution >= 4 is 21.9 Å². The van der Waals surface area contributed by atoms with Gasteiger partial charge in [-0.1, -0.05) is 15.9 Å². The fraction of sp³-hybridized carbons (Fsp3) is 0.375. The van der Waals surface area contributed by atoms with E-state index in [1.807, 2.05) is 0 Å². The first-order chi connectivity index (χ1) is 6.27. The third-order valence-electron chi connectivity index (χ3n) is 1.44. The largest absolute Gasteiger partial charge is 0.465 e. The Bertz CT molecular complexity index is 287. The number of rotatable bonds is 3. The second-order valence-corrected chi connectivity index (χ2v) is 3.11. The van der Waals surface area contributed by atoms with Gasteiger partial charge in [0.1, 0.15) is 5.82 Å². The van der Waals surface area contributed by atoms with Crippen molar-refractivity contribution in [3.05, 3.63) is 23.8 Å². The predicted molar refractivity (Wildman–Crippen MR) is 50.9 cm³/mol. The number of ether oxygens (including phenoxy) is 1. The van der Waals surface area contributed by atoms with Crippen LogP contribution in [0.1, 0.15) is 16.2 Å². The predicted octanol–water partition coefficient (Wildman–Crippen LogP) is 1.20. The van der Waals surface area contributed by atoms with Crippen LogP contribution in [0.15, 0.2) is 12.4 Å². The first-order valence-corrected chi connectivity index (χ1v) is 4.85. The normalized spacial score (nSPS) is 9.69. The molecule has 0 N–H and O–H groups in total. The quantitative estimate of drug-likeness (QED) is 0.593. The van der Waals surface area contributed by atoms with Gasteiger partial charge < -0.3 is 4.74 Å². The minimum atomic E-state index is -0.412. The van der Waals surface area contributed by atoms with Gasteiger partial charge in [0.15, 0.2) is 0 Å². The van der Waals surface area contributed by atoms with Crippen LogP contribution >= 0.6 is 15.9 Å². The minimum absolute atomic E-state index is 0.376. The van der Waals surface area contributed by atoms with E-state index in [0.29, 0.717) is 11.4 Å². The van der Waals surface area contributed by atoms with E-state index in [0.717, 1.165) is 11.8 Å². The van der Waals surface area contributed by atoms with E-state index >= 15 is 0 Å². The van der Waals surface area contributed by atoms with Crippen LogP contribution in [-0.2, 0) is 11.2 Å². The smallest absolute Gasteiger partial charge is 0.341 e. The minimum Gasteiger partial charge on any atom is -0.465 e. The molecule has 0 aliphatic rings. The Kier molecular flexibility index (Phi) is 3.82. The number of carbonyl (C=O) groups is 1. The number of hydrogen-bond donors (Lipinski definition) is 0. The van der Waals surface area contributed by atoms with Crippen molar-refractivity contribution in [2.45, 2.75) is 6.42 Å². The number of nitrogens with zero attached hydrogens (tertiary/aromatic N) is 2. The molecular formula is C8H9BrN2O2. The Morgan fingerprint density at radius 1 is 1.54 bits per heavy atom. The summed E-state index contributed by atoms with van der Waals surface area (Å²) in [5.41, 5.74) is 0.376. The molecular weight excluding hydrogens is 236 g/mol. The van der Waals surface area contributed by atoms with Crippen molar-refractivity contribution < 1.29 is 9.53 Å². The number of carbonyl (C=O) groups excluding carboxylic acids is 1. The maximum Gasteiger partial charge on any atom is 0.341 e. The zero-order valence-corrected chi connectivity index (χ0v) is 8.74. The lowest BCUT2D eigenvalue weighted by molar-refractivity contribution is 0.0599. The highest BCUT2D eigenvalue weighted by Crippen LogP contribution is 1.99. The summed E-state index contributed by atoms with van der Waals surface area (Å²) in [4.78, 5) is 19.0. The van der Waals surface area contributed by atoms with E-state index in [1.54, 1.807) is 0 Å². The molecule has 0 spiro atoms. The van der Waals surface area contributed by atoms with Crippen molar-refractivity contribution in [3.63, 3.8) is 0 Å². The summed E-state index contributed by atoms with van der Waals surface area (Å²) in [6, 6.07) is 0. The summed E-state index contributed by atoms with van der Waals surface area (Å²) in [5, 5.41) is 0.810. The topological polar surface area (TPSA) is 52.1 Å². The average Bonchev–Trinajstić information content (AvgIpc) is 2.18. The highest BCUT2D eigenvalue weighted by Gasteiger charge is 2.05. The van der Waals surface area contributed by atoms with Crippen LogP contribution in [0.3, 0.4) is 0 Å². The Hall–Kier alpha value is -0.970. The molecule has 4 nitrogen and oxygen atoms in total. The van der Waals surface area contributed by atoms with E-state index in [-0.39, 0.29) is 0 Å². The number of hydrogen-bond acceptors (Lipinski definition) is 4. The molecule has 0 fully saturated rings. The number of halogens is 1. The summed E-state index contributed by atoms with van der Waals surface area (Å²) in [7, 11) is 1.33. The molecule has 0 atom stereocenters. The van der Waals surface area contributed by atoms with Crippen LogP contribution in [0.4, 0.5) is 0 Å². The van der Waals surface area contributed by atoms with Crippen LogP contribution in [0, 0.1) is 0 Å². The molecule has 0 aliphatic carbocycles. The second-order valence-electron chi connectivity index (χ2n) is 2.32. The molecule has 0 bridgehead atoms. The van der Waals surface area contributed by atoms with Gasteiger partial charge in [0.05, 0.1) is 12.7 Å². The highest BCUT2D eigenvalue weighted by atomic mass is 79.9. The van der Waals surface area contributed by atoms with Crippen molar-refractivity contribution in [2.24, 2.45) is 0 Å². The number of alkyl halides is 1. The molecule has 1 rings (SSSR count). The fourth-order valence-corrected chi connectivity index (χ4v) is 1.15. The summed E-state index contributed by atoms with van der Waals surface area (Å²) >= 11 is 3.28. The van der Waals surface area contributed by atoms with Gasteiger partial charge in [-0.3, -0.25) is 0 Å². The molecule has 0 aliphatic heterocycles. The fourth-order valence-electron chi connectivity index (χ4n) is 0.792. The number of esters is 1. The van der Waals surface area contributed by atoms with Crippen molar-refractivity contribution in [1.82, 2.24) is 9.97 Å². The molecule has 70 valence electrons. The molecule has 1 heterocycles. The van der Waals surface area contributed by atoms with E-state index in [2.05, 4.69) is 30.6 Å². The first kappa shape index (κ1) is 10.1. The van der Waals surface area contributed by atoms with Crippen LogP contribution in [0.5, 0.6) is 0 Å². The number of aryl methyl sites for hydroxylation is 1. The van der Waals surface area contributed by atoms with Crippen molar-refractivity contribution in [2.75, 3.05) is 12.4 Å². The molecule has 13 heavy (non-hydrogen) atoms. The molecule has 0 saturated heterocycles. The third-order valence-corrected chi connectivity index (χ3v) is 1.84. The summed E-state index contributed by atoms with van der Waals surface area (Å²) < 4.78 is 4.51. The molecule has 5 heteroatoms. The van der Waals surface area contributed by atoms with Gasteiger partial charge in [-0.15, -0.1) is 0 Å². The number of aromatic nitrogens is 2. The van der Waals surface area contributed by atoms with Gasteiger partial charge in [-0.2, -0.15) is 0 Å². The summed E-state index contributed by atoms with van der Waals surface area (Å²) in [6.07, 6.45) is 3.69. The molecule has 0 aromatic carbocycles. The molecule has 0 unspecified atom stereocenters. The maximum atomic E-state index is 11.0. The van der Waals surface area contributed by atoms with Gasteiger partial charge in [0.25, 0.3) is 0 Å². The number of methoxy groups -OCH3 is 1. The molecule has 0 saturated carbocycles. The lowest BCUT2D eigenvalue weighted by Gasteiger charge is -1.98. The van der Waals surface area contributed by atoms with Crippen LogP contribution in [-0.4, -0.2) is 28.4 Å². The Morgan fingerprint density at radius 2 is 2.15 bits per heavy atom. The van der Waals surface area contributed by atoms with Crippen LogP contribution < -0.4 is 0 Å². The lowest BCUT2D eigenvalue weighted by atomic mass is 10.3. The molecule has 0 amide bonds. The van der Waals surface area contributed by atoms with E-state index in [9.17, 15) is 4.79 Å². The molecule has 1 aromatic rings. The summed E-state index contributed by atoms with van der Waals surface area (Å²) in [5.74, 6) is 0.301. The highest BCUT2D eigenvalue weighted by molar-refractivity contribution is 9.09. The average molecular weight is 245 g/mol. The van der Waals surface area contributed by atoms with Crippen LogP contribution in [0.2, 0.25) is 0 Å². The van der Waals surface area contributed by atoms with Gasteiger partial charge >= 0.3 is 5.97 Å². The zero-order valence-electron chi connectivity index (χ0n) is 7.16.